The number of Topliss-reactive ketones (excluding diaryl/α,β-unsaturated/α-hetero) is 1. The van der Waals surface area contributed by atoms with Gasteiger partial charge in [0.05, 0.1) is 13.0 Å². The van der Waals surface area contributed by atoms with Crippen molar-refractivity contribution in [3.05, 3.63) is 0 Å². The molecule has 17 nitrogen and oxygen atoms in total. The van der Waals surface area contributed by atoms with Crippen LogP contribution in [0.3, 0.4) is 0 Å². The quantitative estimate of drug-likeness (QED) is 0.0387. The van der Waals surface area contributed by atoms with Crippen LogP contribution in [-0.2, 0) is 33.6 Å². The van der Waals surface area contributed by atoms with Gasteiger partial charge in [0.25, 0.3) is 0 Å². The number of hydrogen-bond donors (Lipinski definition) is 7. The Labute approximate surface area is 283 Å². The predicted molar refractivity (Wildman–Crippen MR) is 182 cm³/mol. The molecule has 48 heavy (non-hydrogen) atoms. The number of nitrogens with two attached hydrogens (primary N) is 3. The maximum atomic E-state index is 13.6. The minimum atomic E-state index is -1.44. The highest BCUT2D eigenvalue weighted by molar-refractivity contribution is 5.97. The normalized spacial score (nSPS) is 17.2. The Morgan fingerprint density at radius 1 is 0.917 bits per heavy atom. The number of rotatable bonds is 17. The first-order valence-corrected chi connectivity index (χ1v) is 16.6. The molecule has 0 aliphatic carbocycles. The molecule has 0 aromatic rings. The summed E-state index contributed by atoms with van der Waals surface area (Å²) in [5.74, 6) is -4.27. The molecule has 2 fully saturated rings. The lowest BCUT2D eigenvalue weighted by molar-refractivity contribution is -0.142. The molecule has 6 amide bonds. The lowest BCUT2D eigenvalue weighted by Gasteiger charge is -2.30. The minimum absolute atomic E-state index is 0.0677. The van der Waals surface area contributed by atoms with Gasteiger partial charge in [-0.15, -0.1) is 0 Å². The molecule has 17 heteroatoms. The third-order valence-electron chi connectivity index (χ3n) is 7.47. The Bertz CT molecular complexity index is 1090. The highest BCUT2D eigenvalue weighted by Crippen LogP contribution is 2.20. The molecule has 2 unspecified atom stereocenters. The van der Waals surface area contributed by atoms with E-state index in [1.54, 1.807) is 13.8 Å². The number of carbonyl (C=O) groups is 7. The topological polar surface area (TPSA) is 265 Å². The van der Waals surface area contributed by atoms with Crippen molar-refractivity contribution in [1.29, 1.82) is 0 Å². The second-order valence-electron chi connectivity index (χ2n) is 11.9. The molecule has 2 rings (SSSR count). The molecular weight excluding hydrogens is 624 g/mol. The summed E-state index contributed by atoms with van der Waals surface area (Å²) in [4.78, 5) is 93.7. The monoisotopic (exact) mass is 682 g/mol. The van der Waals surface area contributed by atoms with Crippen LogP contribution in [0.4, 0.5) is 0 Å². The van der Waals surface area contributed by atoms with Crippen molar-refractivity contribution in [3.63, 3.8) is 0 Å². The van der Waals surface area contributed by atoms with E-state index in [1.807, 2.05) is 13.8 Å². The number of hydrogen-bond acceptors (Lipinski definition) is 9. The Kier molecular flexibility index (Phi) is 21.8. The van der Waals surface area contributed by atoms with E-state index in [1.165, 1.54) is 37.8 Å². The van der Waals surface area contributed by atoms with E-state index in [4.69, 9.17) is 17.2 Å². The summed E-state index contributed by atoms with van der Waals surface area (Å²) < 4.78 is 0. The molecule has 2 aliphatic heterocycles. The van der Waals surface area contributed by atoms with E-state index in [-0.39, 0.29) is 50.1 Å². The smallest absolute Gasteiger partial charge is 0.245 e. The van der Waals surface area contributed by atoms with Gasteiger partial charge in [0, 0.05) is 13.1 Å². The first kappa shape index (κ1) is 43.7. The van der Waals surface area contributed by atoms with E-state index in [0.717, 1.165) is 0 Å². The maximum Gasteiger partial charge on any atom is 0.245 e. The molecule has 0 radical (unpaired) electrons. The summed E-state index contributed by atoms with van der Waals surface area (Å²) in [7, 11) is 2.17. The van der Waals surface area contributed by atoms with Gasteiger partial charge in [-0.05, 0) is 71.5 Å². The molecule has 274 valence electrons. The summed E-state index contributed by atoms with van der Waals surface area (Å²) >= 11 is 0. The van der Waals surface area contributed by atoms with Gasteiger partial charge in [-0.1, -0.05) is 27.7 Å². The number of aliphatic imine (C=N–C) groups is 1. The van der Waals surface area contributed by atoms with E-state index in [2.05, 4.69) is 38.2 Å². The number of nitrogens with zero attached hydrogens (tertiary/aromatic N) is 3. The molecule has 0 aromatic heterocycles. The van der Waals surface area contributed by atoms with E-state index in [9.17, 15) is 33.6 Å². The standard InChI is InChI=1S/C24H41N9O7.C5H11N.C2H6/c1-13(2)19(30-12-34)22(39)32-16(10-18(25)36)20(37)31-15(6-4-8-28-24(26)27)23(40)33-9-5-7-17(33)21(38)29-11-14(3)35;1-6-4-2-3-5-6;1-2/h12-13,15-17,19H,4-11H2,1-3H3,(H2,25,36)(H,29,38)(H,30,34)(H,31,37)(H,32,39)(H4,26,27,28);2-5H2,1H3;1-2H3/t15-,16?,17-,19?;;/m0../s1. The van der Waals surface area contributed by atoms with Crippen molar-refractivity contribution in [3.8, 4) is 0 Å². The molecule has 0 bridgehead atoms. The first-order chi connectivity index (χ1) is 22.7. The molecule has 0 aromatic carbocycles. The van der Waals surface area contributed by atoms with Gasteiger partial charge in [0.1, 0.15) is 30.0 Å². The molecule has 2 heterocycles. The number of primary amides is 1. The molecule has 0 spiro atoms. The fourth-order valence-electron chi connectivity index (χ4n) is 5.06. The summed E-state index contributed by atoms with van der Waals surface area (Å²) in [6, 6.07) is -4.44. The van der Waals surface area contributed by atoms with E-state index < -0.39 is 60.1 Å². The van der Waals surface area contributed by atoms with Crippen LogP contribution < -0.4 is 38.5 Å². The maximum absolute atomic E-state index is 13.6. The highest BCUT2D eigenvalue weighted by atomic mass is 16.2. The van der Waals surface area contributed by atoms with Gasteiger partial charge >= 0.3 is 0 Å². The van der Waals surface area contributed by atoms with Crippen molar-refractivity contribution < 1.29 is 33.6 Å². The van der Waals surface area contributed by atoms with Gasteiger partial charge in [0.15, 0.2) is 5.96 Å². The Morgan fingerprint density at radius 3 is 2.00 bits per heavy atom. The van der Waals surface area contributed by atoms with Crippen molar-refractivity contribution in [2.45, 2.75) is 104 Å². The highest BCUT2D eigenvalue weighted by Gasteiger charge is 2.38. The van der Waals surface area contributed by atoms with E-state index >= 15 is 0 Å². The first-order valence-electron chi connectivity index (χ1n) is 16.6. The number of carbonyl (C=O) groups excluding carboxylic acids is 7. The van der Waals surface area contributed by atoms with Crippen LogP contribution in [-0.4, -0.2) is 121 Å². The number of nitrogens with one attached hydrogen (secondary N) is 4. The second-order valence-corrected chi connectivity index (χ2v) is 11.9. The van der Waals surface area contributed by atoms with Crippen LogP contribution in [0.15, 0.2) is 4.99 Å². The lowest BCUT2D eigenvalue weighted by Crippen LogP contribution is -2.59. The van der Waals surface area contributed by atoms with Gasteiger partial charge in [-0.3, -0.25) is 38.6 Å². The van der Waals surface area contributed by atoms with Crippen LogP contribution in [0.5, 0.6) is 0 Å². The van der Waals surface area contributed by atoms with Gasteiger partial charge in [-0.2, -0.15) is 0 Å². The van der Waals surface area contributed by atoms with Crippen molar-refractivity contribution in [2.75, 3.05) is 39.8 Å². The Hall–Kier alpha value is -4.28. The average Bonchev–Trinajstić information content (AvgIpc) is 3.72. The third-order valence-corrected chi connectivity index (χ3v) is 7.47. The molecular formula is C31H58N10O7. The van der Waals surface area contributed by atoms with Crippen LogP contribution >= 0.6 is 0 Å². The summed E-state index contributed by atoms with van der Waals surface area (Å²) in [6.07, 6.45) is 3.83. The molecule has 10 N–H and O–H groups in total. The number of ketones is 1. The Morgan fingerprint density at radius 2 is 1.52 bits per heavy atom. The van der Waals surface area contributed by atoms with E-state index in [0.29, 0.717) is 19.3 Å². The predicted octanol–water partition coefficient (Wildman–Crippen LogP) is -1.91. The zero-order chi connectivity index (χ0) is 36.8. The van der Waals surface area contributed by atoms with Crippen LogP contribution in [0.2, 0.25) is 0 Å². The molecule has 4 atom stereocenters. The van der Waals surface area contributed by atoms with Crippen LogP contribution in [0, 0.1) is 5.92 Å². The fourth-order valence-corrected chi connectivity index (χ4v) is 5.06. The number of likely N-dealkylation sites (tertiary alicyclic amines) is 2. The largest absolute Gasteiger partial charge is 0.370 e. The zero-order valence-electron chi connectivity index (χ0n) is 29.4. The SMILES string of the molecule is CC.CC(=O)CNC(=O)[C@@H]1CCCN1C(=O)[C@H](CCCN=C(N)N)NC(=O)C(CC(N)=O)NC(=O)C(NC=O)C(C)C.CN1CCCC1. The number of guanidine groups is 1. The lowest BCUT2D eigenvalue weighted by atomic mass is 10.0. The van der Waals surface area contributed by atoms with Crippen LogP contribution in [0.25, 0.3) is 0 Å². The third kappa shape index (κ3) is 17.0. The summed E-state index contributed by atoms with van der Waals surface area (Å²) in [5, 5.41) is 9.84. The number of amides is 6. The molecule has 2 aliphatic rings. The van der Waals surface area contributed by atoms with Gasteiger partial charge in [-0.25, -0.2) is 0 Å². The van der Waals surface area contributed by atoms with Crippen molar-refractivity contribution in [1.82, 2.24) is 31.1 Å². The van der Waals surface area contributed by atoms with Gasteiger partial charge in [0.2, 0.25) is 35.9 Å². The van der Waals surface area contributed by atoms with Crippen molar-refractivity contribution in [2.24, 2.45) is 28.1 Å². The fraction of sp³-hybridized carbons (Fsp3) is 0.742. The molecule has 2 saturated heterocycles. The van der Waals surface area contributed by atoms with Crippen molar-refractivity contribution >= 4 is 47.7 Å². The second kappa shape index (κ2) is 23.9. The minimum Gasteiger partial charge on any atom is -0.370 e. The van der Waals surface area contributed by atoms with Crippen LogP contribution in [0.1, 0.15) is 79.6 Å². The zero-order valence-corrected chi connectivity index (χ0v) is 29.4. The Balaban J connectivity index is 0.00000243. The molecule has 0 saturated carbocycles. The summed E-state index contributed by atoms with van der Waals surface area (Å²) in [6.45, 7) is 11.5. The van der Waals surface area contributed by atoms with Gasteiger partial charge < -0.3 is 48.3 Å². The summed E-state index contributed by atoms with van der Waals surface area (Å²) in [5.41, 5.74) is 16.0. The average molecular weight is 683 g/mol.